The fourth-order valence-corrected chi connectivity index (χ4v) is 6.54. The summed E-state index contributed by atoms with van der Waals surface area (Å²) in [5, 5.41) is 10.1. The van der Waals surface area contributed by atoms with Gasteiger partial charge in [0.1, 0.15) is 5.66 Å². The minimum absolute atomic E-state index is 0.0295. The number of para-hydroxylation sites is 3. The zero-order chi connectivity index (χ0) is 22.8. The molecule has 3 aromatic rings. The summed E-state index contributed by atoms with van der Waals surface area (Å²) in [5.41, 5.74) is 2.77. The number of nitrogens with zero attached hydrogens (tertiary/aromatic N) is 2. The first kappa shape index (κ1) is 20.3. The van der Waals surface area contributed by atoms with Gasteiger partial charge in [-0.05, 0) is 62.3 Å². The number of rotatable bonds is 3. The molecule has 3 aliphatic carbocycles. The standard InChI is InChI=1S/C26H29N5O2/c1-3-31-21-11-7-6-10-20(21)27-24(31)28-23(33)18-14-16-12-13-25(18,2)15-26(16)29-19-9-5-4-8-17(19)22(32)30-26/h4-11,16,18,29H,3,12-15H2,1-2H3,(H,30,32)(H,27,28,33)/t16-,18+,25-,26+/m1/s1. The van der Waals surface area contributed by atoms with Crippen molar-refractivity contribution in [3.63, 3.8) is 0 Å². The number of carbonyl (C=O) groups excluding carboxylic acids is 2. The predicted octanol–water partition coefficient (Wildman–Crippen LogP) is 4.37. The van der Waals surface area contributed by atoms with E-state index in [-0.39, 0.29) is 29.1 Å². The first-order valence-corrected chi connectivity index (χ1v) is 11.9. The topological polar surface area (TPSA) is 88.0 Å². The number of benzene rings is 2. The summed E-state index contributed by atoms with van der Waals surface area (Å²) in [6.07, 6.45) is 3.43. The molecule has 7 nitrogen and oxygen atoms in total. The average molecular weight is 444 g/mol. The van der Waals surface area contributed by atoms with Crippen LogP contribution in [0.25, 0.3) is 11.0 Å². The van der Waals surface area contributed by atoms with Gasteiger partial charge in [0.25, 0.3) is 5.91 Å². The molecule has 3 saturated carbocycles. The predicted molar refractivity (Wildman–Crippen MR) is 128 cm³/mol. The van der Waals surface area contributed by atoms with Gasteiger partial charge in [-0.3, -0.25) is 14.9 Å². The molecule has 33 heavy (non-hydrogen) atoms. The molecule has 3 fully saturated rings. The van der Waals surface area contributed by atoms with E-state index in [9.17, 15) is 9.59 Å². The van der Waals surface area contributed by atoms with Crippen LogP contribution in [0.3, 0.4) is 0 Å². The van der Waals surface area contributed by atoms with Crippen molar-refractivity contribution in [1.82, 2.24) is 14.9 Å². The van der Waals surface area contributed by atoms with E-state index in [1.807, 2.05) is 48.5 Å². The number of anilines is 2. The van der Waals surface area contributed by atoms with Crippen LogP contribution in [0.2, 0.25) is 0 Å². The molecule has 1 aromatic heterocycles. The lowest BCUT2D eigenvalue weighted by Gasteiger charge is -2.60. The number of imidazole rings is 1. The van der Waals surface area contributed by atoms with Crippen molar-refractivity contribution in [3.8, 4) is 0 Å². The van der Waals surface area contributed by atoms with Crippen LogP contribution in [-0.2, 0) is 11.3 Å². The third-order valence-corrected chi connectivity index (χ3v) is 8.19. The van der Waals surface area contributed by atoms with Gasteiger partial charge in [0.15, 0.2) is 0 Å². The highest BCUT2D eigenvalue weighted by molar-refractivity contribution is 6.02. The smallest absolute Gasteiger partial charge is 0.255 e. The van der Waals surface area contributed by atoms with E-state index in [4.69, 9.17) is 0 Å². The van der Waals surface area contributed by atoms with Gasteiger partial charge in [0.2, 0.25) is 11.9 Å². The second-order valence-electron chi connectivity index (χ2n) is 10.1. The van der Waals surface area contributed by atoms with Gasteiger partial charge < -0.3 is 15.2 Å². The molecule has 7 heteroatoms. The van der Waals surface area contributed by atoms with Gasteiger partial charge in [0, 0.05) is 24.1 Å². The summed E-state index contributed by atoms with van der Waals surface area (Å²) in [4.78, 5) is 31.2. The molecular weight excluding hydrogens is 414 g/mol. The minimum Gasteiger partial charge on any atom is -0.362 e. The number of hydrogen-bond acceptors (Lipinski definition) is 4. The summed E-state index contributed by atoms with van der Waals surface area (Å²) in [7, 11) is 0. The van der Waals surface area contributed by atoms with Crippen LogP contribution in [0, 0.1) is 17.3 Å². The van der Waals surface area contributed by atoms with E-state index >= 15 is 0 Å². The molecule has 1 aliphatic heterocycles. The van der Waals surface area contributed by atoms with E-state index in [1.54, 1.807) is 0 Å². The summed E-state index contributed by atoms with van der Waals surface area (Å²) in [6.45, 7) is 5.00. The van der Waals surface area contributed by atoms with Crippen LogP contribution in [0.4, 0.5) is 11.6 Å². The number of aromatic nitrogens is 2. The maximum Gasteiger partial charge on any atom is 0.255 e. The van der Waals surface area contributed by atoms with Crippen molar-refractivity contribution in [2.24, 2.45) is 17.3 Å². The summed E-state index contributed by atoms with van der Waals surface area (Å²) < 4.78 is 2.05. The highest BCUT2D eigenvalue weighted by Crippen LogP contribution is 2.58. The molecule has 1 spiro atoms. The van der Waals surface area contributed by atoms with Crippen LogP contribution in [0.15, 0.2) is 48.5 Å². The summed E-state index contributed by atoms with van der Waals surface area (Å²) >= 11 is 0. The fraction of sp³-hybridized carbons (Fsp3) is 0.423. The Labute approximate surface area is 193 Å². The fourth-order valence-electron chi connectivity index (χ4n) is 6.54. The van der Waals surface area contributed by atoms with Gasteiger partial charge in [-0.15, -0.1) is 0 Å². The Bertz CT molecular complexity index is 1280. The molecule has 0 radical (unpaired) electrons. The highest BCUT2D eigenvalue weighted by atomic mass is 16.2. The molecule has 2 amide bonds. The number of carbonyl (C=O) groups is 2. The molecule has 0 saturated heterocycles. The number of hydrogen-bond donors (Lipinski definition) is 3. The van der Waals surface area contributed by atoms with Crippen molar-refractivity contribution in [1.29, 1.82) is 0 Å². The van der Waals surface area contributed by atoms with Crippen LogP contribution < -0.4 is 16.0 Å². The number of nitrogens with one attached hydrogen (secondary N) is 3. The molecule has 4 atom stereocenters. The average Bonchev–Trinajstić information content (AvgIpc) is 3.15. The van der Waals surface area contributed by atoms with Gasteiger partial charge in [-0.1, -0.05) is 31.2 Å². The third-order valence-electron chi connectivity index (χ3n) is 8.19. The van der Waals surface area contributed by atoms with Crippen molar-refractivity contribution in [2.75, 3.05) is 10.6 Å². The second kappa shape index (κ2) is 7.07. The SMILES string of the molecule is CCn1c(NC(=O)[C@@H]2C[C@H]3CC[C@]2(C)C[C@]32NC(=O)c3ccccc3N2)nc2ccccc21. The van der Waals surface area contributed by atoms with Crippen molar-refractivity contribution >= 4 is 34.5 Å². The Morgan fingerprint density at radius 1 is 1.18 bits per heavy atom. The van der Waals surface area contributed by atoms with Gasteiger partial charge in [-0.2, -0.15) is 0 Å². The molecule has 3 N–H and O–H groups in total. The molecule has 4 aliphatic rings. The maximum absolute atomic E-state index is 13.6. The summed E-state index contributed by atoms with van der Waals surface area (Å²) in [5.74, 6) is 0.685. The van der Waals surface area contributed by atoms with Crippen LogP contribution in [0.1, 0.15) is 49.9 Å². The zero-order valence-corrected chi connectivity index (χ0v) is 19.0. The van der Waals surface area contributed by atoms with Crippen molar-refractivity contribution in [2.45, 2.75) is 51.7 Å². The van der Waals surface area contributed by atoms with E-state index in [0.717, 1.165) is 48.9 Å². The Kier molecular flexibility index (Phi) is 4.34. The highest BCUT2D eigenvalue weighted by Gasteiger charge is 2.60. The van der Waals surface area contributed by atoms with Crippen LogP contribution >= 0.6 is 0 Å². The molecule has 7 rings (SSSR count). The van der Waals surface area contributed by atoms with Gasteiger partial charge in [0.05, 0.1) is 16.6 Å². The normalized spacial score (nSPS) is 30.1. The number of amides is 2. The largest absolute Gasteiger partial charge is 0.362 e. The molecular formula is C26H29N5O2. The van der Waals surface area contributed by atoms with Crippen LogP contribution in [0.5, 0.6) is 0 Å². The first-order valence-electron chi connectivity index (χ1n) is 11.9. The lowest BCUT2D eigenvalue weighted by molar-refractivity contribution is -0.134. The Morgan fingerprint density at radius 3 is 2.79 bits per heavy atom. The second-order valence-corrected chi connectivity index (χ2v) is 10.1. The van der Waals surface area contributed by atoms with E-state index < -0.39 is 5.66 Å². The van der Waals surface area contributed by atoms with Crippen LogP contribution in [-0.4, -0.2) is 27.0 Å². The lowest BCUT2D eigenvalue weighted by Crippen LogP contribution is -2.70. The van der Waals surface area contributed by atoms with Gasteiger partial charge >= 0.3 is 0 Å². The van der Waals surface area contributed by atoms with Crippen molar-refractivity contribution < 1.29 is 9.59 Å². The van der Waals surface area contributed by atoms with E-state index in [1.165, 1.54) is 0 Å². The Balaban J connectivity index is 1.28. The third kappa shape index (κ3) is 2.98. The summed E-state index contributed by atoms with van der Waals surface area (Å²) in [6, 6.07) is 15.6. The van der Waals surface area contributed by atoms with Crippen molar-refractivity contribution in [3.05, 3.63) is 54.1 Å². The Hall–Kier alpha value is -3.35. The lowest BCUT2D eigenvalue weighted by atomic mass is 9.51. The zero-order valence-electron chi connectivity index (χ0n) is 19.0. The molecule has 2 heterocycles. The minimum atomic E-state index is -0.494. The molecule has 2 aromatic carbocycles. The first-order chi connectivity index (χ1) is 15.9. The quantitative estimate of drug-likeness (QED) is 0.561. The monoisotopic (exact) mass is 443 g/mol. The van der Waals surface area contributed by atoms with E-state index in [2.05, 4.69) is 39.3 Å². The maximum atomic E-state index is 13.6. The van der Waals surface area contributed by atoms with Gasteiger partial charge in [-0.25, -0.2) is 4.98 Å². The number of aryl methyl sites for hydroxylation is 1. The molecule has 2 bridgehead atoms. The number of fused-ring (bicyclic) bond motifs is 4. The molecule has 170 valence electrons. The van der Waals surface area contributed by atoms with E-state index in [0.29, 0.717) is 11.5 Å². The Morgan fingerprint density at radius 2 is 1.97 bits per heavy atom. The molecule has 0 unspecified atom stereocenters.